The van der Waals surface area contributed by atoms with Crippen molar-refractivity contribution in [2.75, 3.05) is 39.9 Å². The Morgan fingerprint density at radius 3 is 2.68 bits per heavy atom. The molecule has 1 aliphatic heterocycles. The molecule has 0 spiro atoms. The summed E-state index contributed by atoms with van der Waals surface area (Å²) in [5.41, 5.74) is 2.58. The molecule has 8 heteroatoms. The minimum atomic E-state index is -0.333. The minimum absolute atomic E-state index is 0.000264. The number of aromatic nitrogens is 2. The van der Waals surface area contributed by atoms with Crippen LogP contribution in [-0.2, 0) is 16.0 Å². The fourth-order valence-corrected chi connectivity index (χ4v) is 6.86. The lowest BCUT2D eigenvalue weighted by molar-refractivity contribution is -0.125. The number of Topliss-reactive ketones (excluding diaryl/α,β-unsaturated/α-hetero) is 1. The molecule has 4 rings (SSSR count). The number of methoxy groups -OCH3 is 1. The van der Waals surface area contributed by atoms with Gasteiger partial charge in [0.05, 0.1) is 17.6 Å². The lowest BCUT2D eigenvalue weighted by Crippen LogP contribution is -2.37. The maximum absolute atomic E-state index is 13.6. The zero-order chi connectivity index (χ0) is 29.4. The number of fused-ring (bicyclic) bond motifs is 1. The van der Waals surface area contributed by atoms with Gasteiger partial charge in [-0.1, -0.05) is 33.8 Å². The van der Waals surface area contributed by atoms with E-state index in [9.17, 15) is 9.59 Å². The summed E-state index contributed by atoms with van der Waals surface area (Å²) in [5, 5.41) is 5.29. The average Bonchev–Trinajstić information content (AvgIpc) is 3.71. The van der Waals surface area contributed by atoms with E-state index in [1.807, 2.05) is 12.1 Å². The number of amides is 1. The number of thiophene rings is 1. The molecule has 1 unspecified atom stereocenters. The molecule has 3 heterocycles. The van der Waals surface area contributed by atoms with Gasteiger partial charge >= 0.3 is 0 Å². The van der Waals surface area contributed by atoms with E-state index in [1.54, 1.807) is 18.4 Å². The highest BCUT2D eigenvalue weighted by Gasteiger charge is 2.27. The van der Waals surface area contributed by atoms with Gasteiger partial charge in [-0.15, -0.1) is 11.3 Å². The van der Waals surface area contributed by atoms with Gasteiger partial charge in [-0.25, -0.2) is 4.98 Å². The van der Waals surface area contributed by atoms with Crippen molar-refractivity contribution in [1.82, 2.24) is 19.8 Å². The number of nitrogens with zero attached hydrogens (tertiary/aromatic N) is 3. The van der Waals surface area contributed by atoms with Crippen LogP contribution in [0.25, 0.3) is 11.0 Å². The van der Waals surface area contributed by atoms with E-state index in [0.29, 0.717) is 36.4 Å². The zero-order valence-corrected chi connectivity index (χ0v) is 26.3. The molecule has 224 valence electrons. The predicted octanol–water partition coefficient (Wildman–Crippen LogP) is 6.37. The average molecular weight is 581 g/mol. The van der Waals surface area contributed by atoms with Gasteiger partial charge in [0, 0.05) is 62.0 Å². The van der Waals surface area contributed by atoms with Crippen LogP contribution in [0.4, 0.5) is 0 Å². The first kappa shape index (κ1) is 31.4. The maximum Gasteiger partial charge on any atom is 0.223 e. The summed E-state index contributed by atoms with van der Waals surface area (Å²) in [6, 6.07) is 10.5. The van der Waals surface area contributed by atoms with Crippen molar-refractivity contribution in [2.24, 2.45) is 17.8 Å². The maximum atomic E-state index is 13.6. The standard InChI is InChI=1S/C33H48N4O3S/c1-6-27(7-2)37-30-11-10-25(18-29(30)35-32(37)20-28-9-8-16-41-28)31(38)19-26(17-23(3)4)33(39)34-21-24-12-13-36(22-24)14-15-40-5/h8-11,16,18,23-24,26-27H,6-7,12-15,17,19-22H2,1-5H3,(H,34,39)/t24?,26-/m1/s1. The molecule has 1 N–H and O–H groups in total. The number of imidazole rings is 1. The first-order chi connectivity index (χ1) is 19.8. The number of hydrogen-bond acceptors (Lipinski definition) is 6. The summed E-state index contributed by atoms with van der Waals surface area (Å²) >= 11 is 1.75. The molecule has 0 bridgehead atoms. The number of benzene rings is 1. The van der Waals surface area contributed by atoms with Crippen LogP contribution in [0.3, 0.4) is 0 Å². The van der Waals surface area contributed by atoms with Crippen molar-refractivity contribution in [2.45, 2.75) is 72.3 Å². The first-order valence-corrected chi connectivity index (χ1v) is 16.3. The van der Waals surface area contributed by atoms with E-state index >= 15 is 0 Å². The van der Waals surface area contributed by atoms with E-state index in [4.69, 9.17) is 9.72 Å². The monoisotopic (exact) mass is 580 g/mol. The Kier molecular flexibility index (Phi) is 11.5. The molecule has 1 fully saturated rings. The van der Waals surface area contributed by atoms with Crippen LogP contribution in [-0.4, -0.2) is 66.0 Å². The van der Waals surface area contributed by atoms with Crippen LogP contribution < -0.4 is 5.32 Å². The molecule has 1 aliphatic rings. The molecule has 1 aromatic carbocycles. The first-order valence-electron chi connectivity index (χ1n) is 15.4. The molecule has 3 aromatic rings. The van der Waals surface area contributed by atoms with Crippen molar-refractivity contribution in [1.29, 1.82) is 0 Å². The smallest absolute Gasteiger partial charge is 0.223 e. The van der Waals surface area contributed by atoms with E-state index in [1.165, 1.54) is 4.88 Å². The Labute approximate surface area is 249 Å². The third-order valence-electron chi connectivity index (χ3n) is 8.41. The summed E-state index contributed by atoms with van der Waals surface area (Å²) in [6.45, 7) is 13.0. The normalized spacial score (nSPS) is 16.7. The van der Waals surface area contributed by atoms with Crippen molar-refractivity contribution in [3.8, 4) is 0 Å². The largest absolute Gasteiger partial charge is 0.383 e. The SMILES string of the molecule is CCC(CC)n1c(Cc2cccs2)nc2cc(C(=O)C[C@@H](CC(C)C)C(=O)NCC3CCN(CCOC)C3)ccc21. The van der Waals surface area contributed by atoms with Gasteiger partial charge in [0.1, 0.15) is 5.82 Å². The highest BCUT2D eigenvalue weighted by atomic mass is 32.1. The van der Waals surface area contributed by atoms with Crippen LogP contribution in [0.15, 0.2) is 35.7 Å². The number of ketones is 1. The third kappa shape index (κ3) is 8.27. The minimum Gasteiger partial charge on any atom is -0.383 e. The Morgan fingerprint density at radius 2 is 2.00 bits per heavy atom. The molecule has 0 aliphatic carbocycles. The fourth-order valence-electron chi connectivity index (χ4n) is 6.16. The number of carbonyl (C=O) groups excluding carboxylic acids is 2. The van der Waals surface area contributed by atoms with Crippen molar-refractivity contribution in [3.63, 3.8) is 0 Å². The van der Waals surface area contributed by atoms with Gasteiger partial charge in [0.25, 0.3) is 0 Å². The third-order valence-corrected chi connectivity index (χ3v) is 9.29. The topological polar surface area (TPSA) is 76.5 Å². The molecule has 41 heavy (non-hydrogen) atoms. The van der Waals surface area contributed by atoms with Crippen LogP contribution in [0.2, 0.25) is 0 Å². The van der Waals surface area contributed by atoms with Gasteiger partial charge in [-0.3, -0.25) is 9.59 Å². The van der Waals surface area contributed by atoms with Crippen molar-refractivity contribution < 1.29 is 14.3 Å². The molecule has 0 radical (unpaired) electrons. The highest BCUT2D eigenvalue weighted by molar-refractivity contribution is 7.09. The molecule has 7 nitrogen and oxygen atoms in total. The Bertz CT molecular complexity index is 1260. The molecule has 1 amide bonds. The summed E-state index contributed by atoms with van der Waals surface area (Å²) in [6.07, 6.45) is 4.83. The molecule has 0 saturated carbocycles. The molecular weight excluding hydrogens is 532 g/mol. The zero-order valence-electron chi connectivity index (χ0n) is 25.5. The Balaban J connectivity index is 1.46. The van der Waals surface area contributed by atoms with Crippen molar-refractivity contribution in [3.05, 3.63) is 52.0 Å². The summed E-state index contributed by atoms with van der Waals surface area (Å²) in [4.78, 5) is 35.6. The number of likely N-dealkylation sites (tertiary alicyclic amines) is 1. The van der Waals surface area contributed by atoms with Gasteiger partial charge in [0.2, 0.25) is 5.91 Å². The number of ether oxygens (including phenoxy) is 1. The second kappa shape index (κ2) is 15.1. The molecule has 2 aromatic heterocycles. The van der Waals surface area contributed by atoms with E-state index in [0.717, 1.165) is 68.8 Å². The van der Waals surface area contributed by atoms with E-state index in [-0.39, 0.29) is 24.0 Å². The Hall–Kier alpha value is -2.55. The number of hydrogen-bond donors (Lipinski definition) is 1. The van der Waals surface area contributed by atoms with E-state index in [2.05, 4.69) is 66.1 Å². The number of nitrogens with one attached hydrogen (secondary N) is 1. The van der Waals surface area contributed by atoms with Gasteiger partial charge in [0.15, 0.2) is 5.78 Å². The van der Waals surface area contributed by atoms with Crippen molar-refractivity contribution >= 4 is 34.1 Å². The summed E-state index contributed by atoms with van der Waals surface area (Å²) in [5.74, 6) is 1.50. The van der Waals surface area contributed by atoms with Gasteiger partial charge < -0.3 is 19.5 Å². The molecule has 1 saturated heterocycles. The Morgan fingerprint density at radius 1 is 1.20 bits per heavy atom. The second-order valence-electron chi connectivity index (χ2n) is 12.0. The fraction of sp³-hybridized carbons (Fsp3) is 0.606. The van der Waals surface area contributed by atoms with Crippen LogP contribution >= 0.6 is 11.3 Å². The highest BCUT2D eigenvalue weighted by Crippen LogP contribution is 2.29. The van der Waals surface area contributed by atoms with Crippen LogP contribution in [0.5, 0.6) is 0 Å². The summed E-state index contributed by atoms with van der Waals surface area (Å²) in [7, 11) is 1.73. The lowest BCUT2D eigenvalue weighted by Gasteiger charge is -2.20. The van der Waals surface area contributed by atoms with E-state index < -0.39 is 0 Å². The van der Waals surface area contributed by atoms with Gasteiger partial charge in [-0.05, 0) is 73.7 Å². The molecule has 2 atom stereocenters. The quantitative estimate of drug-likeness (QED) is 0.199. The second-order valence-corrected chi connectivity index (χ2v) is 13.0. The van der Waals surface area contributed by atoms with Crippen LogP contribution in [0.1, 0.15) is 86.9 Å². The lowest BCUT2D eigenvalue weighted by atomic mass is 9.89. The van der Waals surface area contributed by atoms with Gasteiger partial charge in [-0.2, -0.15) is 0 Å². The number of carbonyl (C=O) groups is 2. The molecular formula is C33H48N4O3S. The summed E-state index contributed by atoms with van der Waals surface area (Å²) < 4.78 is 7.58. The van der Waals surface area contributed by atoms with Crippen LogP contribution in [0, 0.1) is 17.8 Å². The number of rotatable bonds is 16. The predicted molar refractivity (Wildman–Crippen MR) is 168 cm³/mol.